The van der Waals surface area contributed by atoms with E-state index in [1.54, 1.807) is 6.07 Å². The number of hydrogen-bond donors (Lipinski definition) is 2. The van der Waals surface area contributed by atoms with E-state index in [1.165, 1.54) is 11.1 Å². The van der Waals surface area contributed by atoms with Crippen LogP contribution in [-0.4, -0.2) is 16.8 Å². The summed E-state index contributed by atoms with van der Waals surface area (Å²) in [5, 5.41) is 28.7. The van der Waals surface area contributed by atoms with E-state index >= 15 is 0 Å². The van der Waals surface area contributed by atoms with Gasteiger partial charge in [0, 0.05) is 13.0 Å². The normalized spacial score (nSPS) is 34.6. The molecule has 0 radical (unpaired) electrons. The number of aliphatic hydroxyl groups excluding tert-OH is 1. The summed E-state index contributed by atoms with van der Waals surface area (Å²) in [6.45, 7) is 2.31. The molecule has 3 heteroatoms. The van der Waals surface area contributed by atoms with Crippen molar-refractivity contribution < 1.29 is 10.2 Å². The number of aromatic hydroxyl groups is 1. The summed E-state index contributed by atoms with van der Waals surface area (Å²) >= 11 is 0. The van der Waals surface area contributed by atoms with Gasteiger partial charge in [-0.1, -0.05) is 13.0 Å². The number of phenols is 1. The molecule has 0 amide bonds. The predicted molar refractivity (Wildman–Crippen MR) is 80.8 cm³/mol. The van der Waals surface area contributed by atoms with Crippen molar-refractivity contribution in [1.82, 2.24) is 0 Å². The Morgan fingerprint density at radius 3 is 2.90 bits per heavy atom. The van der Waals surface area contributed by atoms with E-state index in [1.807, 2.05) is 6.07 Å². The minimum Gasteiger partial charge on any atom is -0.508 e. The minimum absolute atomic E-state index is 0.120. The van der Waals surface area contributed by atoms with Crippen LogP contribution in [0.25, 0.3) is 0 Å². The number of aryl methyl sites for hydroxylation is 1. The van der Waals surface area contributed by atoms with Crippen LogP contribution in [0.1, 0.15) is 49.7 Å². The molecule has 0 aliphatic heterocycles. The highest BCUT2D eigenvalue weighted by atomic mass is 16.3. The van der Waals surface area contributed by atoms with Gasteiger partial charge in [-0.15, -0.1) is 0 Å². The van der Waals surface area contributed by atoms with Gasteiger partial charge in [-0.05, 0) is 72.1 Å². The topological polar surface area (TPSA) is 64.2 Å². The Morgan fingerprint density at radius 2 is 2.19 bits per heavy atom. The van der Waals surface area contributed by atoms with Gasteiger partial charge in [-0.3, -0.25) is 0 Å². The van der Waals surface area contributed by atoms with Crippen molar-refractivity contribution in [3.63, 3.8) is 0 Å². The van der Waals surface area contributed by atoms with E-state index in [2.05, 4.69) is 19.1 Å². The highest BCUT2D eigenvalue weighted by Gasteiger charge is 2.47. The average Bonchev–Trinajstić information content (AvgIpc) is 2.49. The molecular weight excluding hydrogens is 262 g/mol. The summed E-state index contributed by atoms with van der Waals surface area (Å²) in [6.07, 6.45) is 4.60. The van der Waals surface area contributed by atoms with E-state index in [0.717, 1.165) is 25.7 Å². The third kappa shape index (κ3) is 2.32. The number of fused-ring (bicyclic) bond motifs is 3. The van der Waals surface area contributed by atoms with E-state index in [-0.39, 0.29) is 17.9 Å². The summed E-state index contributed by atoms with van der Waals surface area (Å²) in [7, 11) is 0. The first-order valence-electron chi connectivity index (χ1n) is 7.88. The third-order valence-corrected chi connectivity index (χ3v) is 5.90. The van der Waals surface area contributed by atoms with Gasteiger partial charge in [0.15, 0.2) is 0 Å². The lowest BCUT2D eigenvalue weighted by Gasteiger charge is -2.50. The molecule has 1 fully saturated rings. The lowest BCUT2D eigenvalue weighted by molar-refractivity contribution is -0.0106. The van der Waals surface area contributed by atoms with Crippen LogP contribution < -0.4 is 0 Å². The van der Waals surface area contributed by atoms with Gasteiger partial charge in [0.05, 0.1) is 6.07 Å². The highest BCUT2D eigenvalue weighted by molar-refractivity contribution is 5.40. The molecule has 0 aromatic heterocycles. The lowest BCUT2D eigenvalue weighted by Crippen LogP contribution is -2.44. The monoisotopic (exact) mass is 285 g/mol. The van der Waals surface area contributed by atoms with Gasteiger partial charge < -0.3 is 10.2 Å². The molecule has 2 aliphatic rings. The number of nitriles is 1. The van der Waals surface area contributed by atoms with Crippen molar-refractivity contribution in [2.45, 2.75) is 44.9 Å². The largest absolute Gasteiger partial charge is 0.508 e. The van der Waals surface area contributed by atoms with E-state index in [4.69, 9.17) is 0 Å². The van der Waals surface area contributed by atoms with Crippen LogP contribution in [0.4, 0.5) is 0 Å². The molecule has 1 aromatic carbocycles. The average molecular weight is 285 g/mol. The predicted octanol–water partition coefficient (Wildman–Crippen LogP) is 3.36. The smallest absolute Gasteiger partial charge is 0.115 e. The van der Waals surface area contributed by atoms with E-state index < -0.39 is 0 Å². The molecule has 1 unspecified atom stereocenters. The first kappa shape index (κ1) is 14.4. The van der Waals surface area contributed by atoms with Gasteiger partial charge in [0.25, 0.3) is 0 Å². The van der Waals surface area contributed by atoms with Crippen LogP contribution in [0.2, 0.25) is 0 Å². The quantitative estimate of drug-likeness (QED) is 0.875. The van der Waals surface area contributed by atoms with E-state index in [9.17, 15) is 15.5 Å². The molecule has 2 aliphatic carbocycles. The van der Waals surface area contributed by atoms with Crippen LogP contribution in [0.15, 0.2) is 18.2 Å². The maximum Gasteiger partial charge on any atom is 0.115 e. The van der Waals surface area contributed by atoms with Gasteiger partial charge >= 0.3 is 0 Å². The van der Waals surface area contributed by atoms with Gasteiger partial charge in [-0.2, -0.15) is 5.26 Å². The fourth-order valence-corrected chi connectivity index (χ4v) is 4.66. The molecule has 2 N–H and O–H groups in total. The van der Waals surface area contributed by atoms with Gasteiger partial charge in [-0.25, -0.2) is 0 Å². The standard InChI is InChI=1S/C18H23NO2/c1-18(11-20)8-6-15-14-5-3-13(21)10-12(14)2-4-16(15)17(18)7-9-19/h3,5,10,15-17,20-21H,2,4,6-8,11H2,1H3/t15-,16-,17?,18-/m1/s1. The molecule has 3 nitrogen and oxygen atoms in total. The van der Waals surface area contributed by atoms with Crippen LogP contribution in [0.5, 0.6) is 5.75 Å². The highest BCUT2D eigenvalue weighted by Crippen LogP contribution is 2.55. The zero-order valence-electron chi connectivity index (χ0n) is 12.5. The molecule has 0 spiro atoms. The minimum atomic E-state index is -0.120. The molecule has 21 heavy (non-hydrogen) atoms. The summed E-state index contributed by atoms with van der Waals surface area (Å²) in [5.41, 5.74) is 2.50. The van der Waals surface area contributed by atoms with Gasteiger partial charge in [0.2, 0.25) is 0 Å². The van der Waals surface area contributed by atoms with Crippen LogP contribution in [0, 0.1) is 28.6 Å². The first-order valence-corrected chi connectivity index (χ1v) is 7.88. The maximum absolute atomic E-state index is 9.83. The van der Waals surface area contributed by atoms with Crippen LogP contribution >= 0.6 is 0 Å². The van der Waals surface area contributed by atoms with E-state index in [0.29, 0.717) is 24.0 Å². The summed E-state index contributed by atoms with van der Waals surface area (Å²) in [4.78, 5) is 0. The number of nitrogens with zero attached hydrogens (tertiary/aromatic N) is 1. The Balaban J connectivity index is 1.96. The number of rotatable bonds is 2. The SMILES string of the molecule is C[C@]1(CO)CC[C@@H]2c3ccc(O)cc3CC[C@H]2C1CC#N. The Kier molecular flexibility index (Phi) is 3.67. The fourth-order valence-electron chi connectivity index (χ4n) is 4.66. The number of phenolic OH excluding ortho intramolecular Hbond substituents is 1. The summed E-state index contributed by atoms with van der Waals surface area (Å²) in [5.74, 6) is 1.57. The van der Waals surface area contributed by atoms with Crippen LogP contribution in [-0.2, 0) is 6.42 Å². The summed E-state index contributed by atoms with van der Waals surface area (Å²) in [6, 6.07) is 8.08. The zero-order chi connectivity index (χ0) is 15.0. The second-order valence-electron chi connectivity index (χ2n) is 7.01. The third-order valence-electron chi connectivity index (χ3n) is 5.90. The maximum atomic E-state index is 9.83. The molecule has 0 heterocycles. The van der Waals surface area contributed by atoms with Crippen molar-refractivity contribution in [1.29, 1.82) is 5.26 Å². The molecule has 1 saturated carbocycles. The molecule has 3 rings (SSSR count). The molecule has 0 bridgehead atoms. The molecular formula is C18H23NO2. The molecule has 0 saturated heterocycles. The molecule has 112 valence electrons. The van der Waals surface area contributed by atoms with Crippen molar-refractivity contribution in [2.24, 2.45) is 17.3 Å². The first-order chi connectivity index (χ1) is 10.1. The van der Waals surface area contributed by atoms with Crippen molar-refractivity contribution >= 4 is 0 Å². The van der Waals surface area contributed by atoms with Crippen molar-refractivity contribution in [3.05, 3.63) is 29.3 Å². The Bertz CT molecular complexity index is 577. The second kappa shape index (κ2) is 5.35. The molecule has 4 atom stereocenters. The molecule has 1 aromatic rings. The number of hydrogen-bond acceptors (Lipinski definition) is 3. The van der Waals surface area contributed by atoms with Crippen LogP contribution in [0.3, 0.4) is 0 Å². The Labute approximate surface area is 126 Å². The zero-order valence-corrected chi connectivity index (χ0v) is 12.5. The number of aliphatic hydroxyl groups is 1. The number of benzene rings is 1. The Hall–Kier alpha value is -1.53. The summed E-state index contributed by atoms with van der Waals surface area (Å²) < 4.78 is 0. The lowest BCUT2D eigenvalue weighted by atomic mass is 9.54. The van der Waals surface area contributed by atoms with Gasteiger partial charge in [0.1, 0.15) is 5.75 Å². The van der Waals surface area contributed by atoms with Crippen molar-refractivity contribution in [2.75, 3.05) is 6.61 Å². The van der Waals surface area contributed by atoms with Crippen molar-refractivity contribution in [3.8, 4) is 11.8 Å². The second-order valence-corrected chi connectivity index (χ2v) is 7.01. The fraction of sp³-hybridized carbons (Fsp3) is 0.611. The Morgan fingerprint density at radius 1 is 1.38 bits per heavy atom.